The SMILES string of the molecule is CC(=O)N(c1c(-c2ccc(Cl)s2)nc2ncccn12)C(C)(C)CC(C)(C)C. The zero-order chi connectivity index (χ0) is 20.0. The number of anilines is 1. The van der Waals surface area contributed by atoms with Crippen molar-refractivity contribution in [2.45, 2.75) is 53.5 Å². The van der Waals surface area contributed by atoms with E-state index in [0.29, 0.717) is 10.1 Å². The Labute approximate surface area is 169 Å². The van der Waals surface area contributed by atoms with Crippen LogP contribution in [-0.2, 0) is 4.79 Å². The standard InChI is InChI=1S/C20H25ClN4OS/c1-13(26)25(20(5,6)12-19(2,3)4)17-16(14-8-9-15(21)27-14)23-18-22-10-7-11-24(17)18/h7-11H,12H2,1-6H3. The van der Waals surface area contributed by atoms with Crippen LogP contribution in [0.2, 0.25) is 4.34 Å². The van der Waals surface area contributed by atoms with Gasteiger partial charge in [0.2, 0.25) is 11.7 Å². The predicted molar refractivity (Wildman–Crippen MR) is 113 cm³/mol. The summed E-state index contributed by atoms with van der Waals surface area (Å²) in [5, 5.41) is 0. The largest absolute Gasteiger partial charge is 0.291 e. The Bertz CT molecular complexity index is 983. The van der Waals surface area contributed by atoms with Gasteiger partial charge in [-0.05, 0) is 43.9 Å². The highest BCUT2D eigenvalue weighted by molar-refractivity contribution is 7.19. The Morgan fingerprint density at radius 3 is 2.52 bits per heavy atom. The summed E-state index contributed by atoms with van der Waals surface area (Å²) in [6.45, 7) is 12.3. The van der Waals surface area contributed by atoms with Gasteiger partial charge >= 0.3 is 0 Å². The fourth-order valence-corrected chi connectivity index (χ4v) is 4.96. The molecule has 0 aliphatic rings. The van der Waals surface area contributed by atoms with Gasteiger partial charge in [-0.25, -0.2) is 9.97 Å². The monoisotopic (exact) mass is 404 g/mol. The first-order valence-corrected chi connectivity index (χ1v) is 10.1. The van der Waals surface area contributed by atoms with Crippen molar-refractivity contribution in [3.05, 3.63) is 34.9 Å². The molecule has 3 heterocycles. The van der Waals surface area contributed by atoms with Gasteiger partial charge in [0.15, 0.2) is 5.82 Å². The highest BCUT2D eigenvalue weighted by Crippen LogP contribution is 2.41. The summed E-state index contributed by atoms with van der Waals surface area (Å²) in [4.78, 5) is 24.7. The number of thiophene rings is 1. The van der Waals surface area contributed by atoms with E-state index in [1.807, 2.05) is 33.7 Å². The maximum absolute atomic E-state index is 12.8. The second-order valence-corrected chi connectivity index (χ2v) is 10.3. The fourth-order valence-electron chi connectivity index (χ4n) is 3.93. The molecule has 3 aromatic heterocycles. The Balaban J connectivity index is 2.27. The molecule has 7 heteroatoms. The van der Waals surface area contributed by atoms with Crippen LogP contribution in [0.3, 0.4) is 0 Å². The van der Waals surface area contributed by atoms with Crippen LogP contribution in [0, 0.1) is 5.41 Å². The van der Waals surface area contributed by atoms with Crippen molar-refractivity contribution in [2.24, 2.45) is 5.41 Å². The van der Waals surface area contributed by atoms with Crippen molar-refractivity contribution < 1.29 is 4.79 Å². The van der Waals surface area contributed by atoms with Gasteiger partial charge in [-0.2, -0.15) is 0 Å². The van der Waals surface area contributed by atoms with Gasteiger partial charge in [0.25, 0.3) is 0 Å². The maximum atomic E-state index is 12.8. The van der Waals surface area contributed by atoms with E-state index in [0.717, 1.165) is 22.8 Å². The molecule has 0 saturated heterocycles. The predicted octanol–water partition coefficient (Wildman–Crippen LogP) is 5.68. The zero-order valence-corrected chi connectivity index (χ0v) is 18.1. The van der Waals surface area contributed by atoms with Gasteiger partial charge in [0, 0.05) is 24.9 Å². The fraction of sp³-hybridized carbons (Fsp3) is 0.450. The smallest absolute Gasteiger partial charge is 0.236 e. The molecule has 3 aromatic rings. The molecule has 27 heavy (non-hydrogen) atoms. The normalized spacial score (nSPS) is 12.6. The van der Waals surface area contributed by atoms with Crippen molar-refractivity contribution in [3.8, 4) is 10.6 Å². The highest BCUT2D eigenvalue weighted by Gasteiger charge is 2.38. The Kier molecular flexibility index (Phi) is 5.08. The molecular formula is C20H25ClN4OS. The minimum Gasteiger partial charge on any atom is -0.291 e. The van der Waals surface area contributed by atoms with Crippen LogP contribution >= 0.6 is 22.9 Å². The number of hydrogen-bond acceptors (Lipinski definition) is 4. The van der Waals surface area contributed by atoms with E-state index in [4.69, 9.17) is 16.6 Å². The molecule has 1 amide bonds. The first kappa shape index (κ1) is 19.8. The Hall–Kier alpha value is -1.92. The third kappa shape index (κ3) is 4.01. The van der Waals surface area contributed by atoms with Crippen LogP contribution in [0.4, 0.5) is 5.82 Å². The third-order valence-corrected chi connectivity index (χ3v) is 5.52. The number of imidazole rings is 1. The summed E-state index contributed by atoms with van der Waals surface area (Å²) in [5.74, 6) is 1.27. The van der Waals surface area contributed by atoms with Crippen LogP contribution in [0.15, 0.2) is 30.6 Å². The molecule has 0 spiro atoms. The van der Waals surface area contributed by atoms with E-state index in [-0.39, 0.29) is 11.3 Å². The summed E-state index contributed by atoms with van der Waals surface area (Å²) in [6, 6.07) is 5.63. The molecule has 0 aliphatic heterocycles. The summed E-state index contributed by atoms with van der Waals surface area (Å²) < 4.78 is 2.57. The molecule has 0 N–H and O–H groups in total. The van der Waals surface area contributed by atoms with Gasteiger partial charge in [-0.3, -0.25) is 14.1 Å². The van der Waals surface area contributed by atoms with Crippen molar-refractivity contribution >= 4 is 40.4 Å². The second kappa shape index (κ2) is 6.91. The highest BCUT2D eigenvalue weighted by atomic mass is 35.5. The maximum Gasteiger partial charge on any atom is 0.236 e. The van der Waals surface area contributed by atoms with Crippen LogP contribution in [0.5, 0.6) is 0 Å². The average molecular weight is 405 g/mol. The minimum atomic E-state index is -0.411. The topological polar surface area (TPSA) is 50.5 Å². The van der Waals surface area contributed by atoms with Gasteiger partial charge in [0.1, 0.15) is 5.69 Å². The molecule has 0 atom stereocenters. The Morgan fingerprint density at radius 1 is 1.26 bits per heavy atom. The quantitative estimate of drug-likeness (QED) is 0.562. The molecule has 144 valence electrons. The number of halogens is 1. The summed E-state index contributed by atoms with van der Waals surface area (Å²) in [5.41, 5.74) is 0.372. The molecule has 5 nitrogen and oxygen atoms in total. The molecule has 0 aliphatic carbocycles. The van der Waals surface area contributed by atoms with Crippen molar-refractivity contribution in [2.75, 3.05) is 4.90 Å². The van der Waals surface area contributed by atoms with Crippen LogP contribution < -0.4 is 4.90 Å². The number of hydrogen-bond donors (Lipinski definition) is 0. The first-order valence-electron chi connectivity index (χ1n) is 8.89. The number of nitrogens with zero attached hydrogens (tertiary/aromatic N) is 4. The summed E-state index contributed by atoms with van der Waals surface area (Å²) >= 11 is 7.62. The molecule has 0 bridgehead atoms. The summed E-state index contributed by atoms with van der Waals surface area (Å²) in [6.07, 6.45) is 4.43. The van der Waals surface area contributed by atoms with Crippen molar-refractivity contribution in [1.82, 2.24) is 14.4 Å². The number of fused-ring (bicyclic) bond motifs is 1. The van der Waals surface area contributed by atoms with Crippen molar-refractivity contribution in [1.29, 1.82) is 0 Å². The van der Waals surface area contributed by atoms with Crippen LogP contribution in [0.25, 0.3) is 16.3 Å². The zero-order valence-electron chi connectivity index (χ0n) is 16.6. The van der Waals surface area contributed by atoms with E-state index in [1.165, 1.54) is 11.3 Å². The Morgan fingerprint density at radius 2 is 1.96 bits per heavy atom. The van der Waals surface area contributed by atoms with Crippen LogP contribution in [0.1, 0.15) is 48.0 Å². The van der Waals surface area contributed by atoms with E-state index < -0.39 is 5.54 Å². The molecule has 0 aromatic carbocycles. The minimum absolute atomic E-state index is 0.0289. The molecule has 0 fully saturated rings. The molecule has 0 unspecified atom stereocenters. The van der Waals surface area contributed by atoms with E-state index in [9.17, 15) is 4.79 Å². The number of rotatable bonds is 4. The number of amides is 1. The van der Waals surface area contributed by atoms with Gasteiger partial charge in [-0.1, -0.05) is 32.4 Å². The lowest BCUT2D eigenvalue weighted by atomic mass is 9.80. The van der Waals surface area contributed by atoms with Gasteiger partial charge in [-0.15, -0.1) is 11.3 Å². The lowest BCUT2D eigenvalue weighted by Crippen LogP contribution is -2.50. The van der Waals surface area contributed by atoms with Crippen molar-refractivity contribution in [3.63, 3.8) is 0 Å². The molecule has 3 rings (SSSR count). The molecule has 0 saturated carbocycles. The van der Waals surface area contributed by atoms with E-state index in [2.05, 4.69) is 39.6 Å². The third-order valence-electron chi connectivity index (χ3n) is 4.28. The molecule has 0 radical (unpaired) electrons. The lowest BCUT2D eigenvalue weighted by Gasteiger charge is -2.41. The first-order chi connectivity index (χ1) is 12.5. The van der Waals surface area contributed by atoms with Crippen LogP contribution in [-0.4, -0.2) is 25.8 Å². The van der Waals surface area contributed by atoms with Gasteiger partial charge < -0.3 is 0 Å². The second-order valence-electron chi connectivity index (χ2n) is 8.58. The summed E-state index contributed by atoms with van der Waals surface area (Å²) in [7, 11) is 0. The number of carbonyl (C=O) groups excluding carboxylic acids is 1. The lowest BCUT2D eigenvalue weighted by molar-refractivity contribution is -0.117. The molecular weight excluding hydrogens is 380 g/mol. The average Bonchev–Trinajstić information content (AvgIpc) is 3.09. The number of carbonyl (C=O) groups is 1. The van der Waals surface area contributed by atoms with Gasteiger partial charge in [0.05, 0.1) is 9.21 Å². The number of aromatic nitrogens is 3. The van der Waals surface area contributed by atoms with E-state index >= 15 is 0 Å². The van der Waals surface area contributed by atoms with E-state index in [1.54, 1.807) is 13.1 Å².